The molecule has 1 unspecified atom stereocenters. The Labute approximate surface area is 457 Å². The summed E-state index contributed by atoms with van der Waals surface area (Å²) in [6, 6.07) is 62.8. The molecule has 8 aromatic rings. The molecule has 1 N–H and O–H groups in total. The molecule has 1 aliphatic rings. The van der Waals surface area contributed by atoms with E-state index in [1.165, 1.54) is 27.8 Å². The summed E-state index contributed by atoms with van der Waals surface area (Å²) in [4.78, 5) is 27.8. The number of rotatable bonds is 18. The minimum Gasteiger partial charge on any atom is -0.508 e. The molecule has 0 heterocycles. The Kier molecular flexibility index (Phi) is 15.0. The lowest BCUT2D eigenvalue weighted by Crippen LogP contribution is -2.56. The Morgan fingerprint density at radius 3 is 1.32 bits per heavy atom. The lowest BCUT2D eigenvalue weighted by Gasteiger charge is -2.46. The van der Waals surface area contributed by atoms with Crippen molar-refractivity contribution in [1.82, 2.24) is 0 Å². The van der Waals surface area contributed by atoms with Crippen molar-refractivity contribution in [2.45, 2.75) is 125 Å². The molecule has 394 valence electrons. The average Bonchev–Trinajstić information content (AvgIpc) is 3.88. The Balaban J connectivity index is 0.935. The summed E-state index contributed by atoms with van der Waals surface area (Å²) in [5, 5.41) is 9.94. The van der Waals surface area contributed by atoms with E-state index in [0.717, 1.165) is 68.7 Å². The Morgan fingerprint density at radius 1 is 0.468 bits per heavy atom. The van der Waals surface area contributed by atoms with Gasteiger partial charge in [-0.2, -0.15) is 0 Å². The van der Waals surface area contributed by atoms with Crippen LogP contribution in [0.15, 0.2) is 182 Å². The third-order valence-electron chi connectivity index (χ3n) is 17.8. The minimum absolute atomic E-state index is 0.195. The maximum absolute atomic E-state index is 14.6. The number of aryl methyl sites for hydroxylation is 2. The van der Waals surface area contributed by atoms with Gasteiger partial charge in [0.2, 0.25) is 0 Å². The fourth-order valence-corrected chi connectivity index (χ4v) is 11.8. The molecule has 77 heavy (non-hydrogen) atoms. The van der Waals surface area contributed by atoms with Crippen LogP contribution in [-0.2, 0) is 20.4 Å². The van der Waals surface area contributed by atoms with E-state index in [1.54, 1.807) is 12.1 Å². The van der Waals surface area contributed by atoms with E-state index in [2.05, 4.69) is 156 Å². The van der Waals surface area contributed by atoms with Gasteiger partial charge in [-0.1, -0.05) is 194 Å². The molecule has 9 rings (SSSR count). The average molecular weight is 1020 g/mol. The molecule has 0 bridgehead atoms. The first-order valence-corrected chi connectivity index (χ1v) is 27.6. The maximum Gasteiger partial charge on any atom is 0.321 e. The predicted octanol–water partition coefficient (Wildman–Crippen LogP) is 17.7. The van der Waals surface area contributed by atoms with Crippen LogP contribution in [0.5, 0.6) is 23.0 Å². The van der Waals surface area contributed by atoms with Crippen LogP contribution in [-0.4, -0.2) is 22.6 Å². The van der Waals surface area contributed by atoms with E-state index in [-0.39, 0.29) is 23.1 Å². The monoisotopic (exact) mass is 1020 g/mol. The number of aromatic hydroxyl groups is 1. The van der Waals surface area contributed by atoms with Crippen molar-refractivity contribution in [2.24, 2.45) is 10.8 Å². The van der Waals surface area contributed by atoms with Crippen molar-refractivity contribution in [2.75, 3.05) is 0 Å². The van der Waals surface area contributed by atoms with Gasteiger partial charge >= 0.3 is 11.9 Å². The van der Waals surface area contributed by atoms with Crippen molar-refractivity contribution in [3.63, 3.8) is 0 Å². The zero-order valence-electron chi connectivity index (χ0n) is 46.8. The summed E-state index contributed by atoms with van der Waals surface area (Å²) in [5.74, 6) is 1.54. The number of phenolic OH excluding ortho intramolecular Hbond substituents is 1. The summed E-state index contributed by atoms with van der Waals surface area (Å²) >= 11 is 0. The van der Waals surface area contributed by atoms with Gasteiger partial charge in [-0.15, -0.1) is 0 Å². The zero-order valence-corrected chi connectivity index (χ0v) is 46.8. The second-order valence-electron chi connectivity index (χ2n) is 22.2. The highest BCUT2D eigenvalue weighted by Gasteiger charge is 2.54. The summed E-state index contributed by atoms with van der Waals surface area (Å²) in [6.45, 7) is 22.7. The van der Waals surface area contributed by atoms with Crippen LogP contribution in [0.25, 0.3) is 33.4 Å². The molecule has 0 aliphatic heterocycles. The molecule has 0 radical (unpaired) electrons. The quantitative estimate of drug-likeness (QED) is 0.0681. The first-order chi connectivity index (χ1) is 36.9. The lowest BCUT2D eigenvalue weighted by molar-refractivity contribution is -0.162. The number of benzene rings is 8. The molecule has 0 saturated carbocycles. The van der Waals surface area contributed by atoms with Gasteiger partial charge in [0, 0.05) is 5.41 Å². The highest BCUT2D eigenvalue weighted by atomic mass is 16.5. The van der Waals surface area contributed by atoms with E-state index < -0.39 is 21.8 Å². The number of ether oxygens (including phenoxy) is 3. The largest absolute Gasteiger partial charge is 0.508 e. The van der Waals surface area contributed by atoms with Gasteiger partial charge < -0.3 is 19.3 Å². The van der Waals surface area contributed by atoms with Crippen molar-refractivity contribution in [3.05, 3.63) is 226 Å². The van der Waals surface area contributed by atoms with Gasteiger partial charge in [-0.05, 0) is 174 Å². The predicted molar refractivity (Wildman–Crippen MR) is 313 cm³/mol. The van der Waals surface area contributed by atoms with Gasteiger partial charge in [-0.3, -0.25) is 9.59 Å². The smallest absolute Gasteiger partial charge is 0.321 e. The Bertz CT molecular complexity index is 3370. The van der Waals surface area contributed by atoms with E-state index >= 15 is 0 Å². The minimum atomic E-state index is -0.983. The molecule has 1 atom stereocenters. The lowest BCUT2D eigenvalue weighted by atomic mass is 9.67. The van der Waals surface area contributed by atoms with Crippen molar-refractivity contribution in [3.8, 4) is 56.4 Å². The molecule has 0 saturated heterocycles. The van der Waals surface area contributed by atoms with E-state index in [0.29, 0.717) is 30.8 Å². The van der Waals surface area contributed by atoms with Crippen molar-refractivity contribution < 1.29 is 28.9 Å². The third kappa shape index (κ3) is 9.55. The number of phenols is 1. The highest BCUT2D eigenvalue weighted by Crippen LogP contribution is 2.56. The number of carbonyl (C=O) groups excluding carboxylic acids is 2. The molecule has 0 aromatic heterocycles. The Morgan fingerprint density at radius 2 is 0.896 bits per heavy atom. The molecular formula is C71H74O6. The van der Waals surface area contributed by atoms with Gasteiger partial charge in [0.25, 0.3) is 0 Å². The van der Waals surface area contributed by atoms with E-state index in [9.17, 15) is 14.7 Å². The number of hydrogen-bond acceptors (Lipinski definition) is 6. The third-order valence-corrected chi connectivity index (χ3v) is 17.8. The van der Waals surface area contributed by atoms with Crippen LogP contribution in [0, 0.1) is 24.7 Å². The van der Waals surface area contributed by atoms with Crippen LogP contribution in [0.2, 0.25) is 0 Å². The number of hydrogen-bond donors (Lipinski definition) is 1. The van der Waals surface area contributed by atoms with Crippen LogP contribution >= 0.6 is 0 Å². The fraction of sp³-hybridized carbons (Fsp3) is 0.296. The molecule has 1 aliphatic carbocycles. The summed E-state index contributed by atoms with van der Waals surface area (Å²) in [5.41, 5.74) is 12.3. The van der Waals surface area contributed by atoms with Crippen molar-refractivity contribution in [1.29, 1.82) is 0 Å². The molecular weight excluding hydrogens is 949 g/mol. The van der Waals surface area contributed by atoms with Crippen LogP contribution in [0.1, 0.15) is 139 Å². The molecule has 0 fully saturated rings. The van der Waals surface area contributed by atoms with Gasteiger partial charge in [0.1, 0.15) is 34.0 Å². The Hall–Kier alpha value is -7.70. The number of carbonyl (C=O) groups is 2. The first kappa shape index (κ1) is 54.1. The summed E-state index contributed by atoms with van der Waals surface area (Å²) in [7, 11) is 0. The normalized spacial score (nSPS) is 13.8. The topological polar surface area (TPSA) is 82.1 Å². The van der Waals surface area contributed by atoms with Gasteiger partial charge in [0.05, 0.1) is 10.8 Å². The molecule has 6 nitrogen and oxygen atoms in total. The maximum atomic E-state index is 14.6. The van der Waals surface area contributed by atoms with Crippen LogP contribution < -0.4 is 14.2 Å². The second-order valence-corrected chi connectivity index (χ2v) is 22.2. The molecule has 6 heteroatoms. The standard InChI is InChI=1S/C71H74O6/c1-12-68(10,13-2)65(73)76-63-43-37-55(45-47(63)6)67(8,9)56-38-44-64(48(7)46-56)77-70(15-4,16-5)69(11,14-3)66(74)75-58-41-31-52(32-42-58)50-27-35-54(36-28-50)71(53-33-25-49(26-34-53)51-29-39-57(72)40-30-51)61-23-19-17-21-59(61)60-22-18-20-24-62(60)71/h17-46,72H,12-16H2,1-11H3. The number of esters is 2. The SMILES string of the molecule is CCC(C)(CC)C(=O)Oc1ccc(C(C)(C)c2ccc(OC(CC)(CC)C(C)(CC)C(=O)Oc3ccc(-c4ccc(C5(c6ccc(-c7ccc(O)cc7)cc6)c6ccccc6-c6ccccc65)cc4)cc3)c(C)c2)cc1C. The molecule has 8 aromatic carbocycles. The van der Waals surface area contributed by atoms with Crippen LogP contribution in [0.4, 0.5) is 0 Å². The first-order valence-electron chi connectivity index (χ1n) is 27.6. The summed E-state index contributed by atoms with van der Waals surface area (Å²) in [6.07, 6.45) is 3.15. The molecule has 0 amide bonds. The second kappa shape index (κ2) is 21.4. The van der Waals surface area contributed by atoms with E-state index in [1.807, 2.05) is 90.1 Å². The number of fused-ring (bicyclic) bond motifs is 3. The van der Waals surface area contributed by atoms with Gasteiger partial charge in [0.15, 0.2) is 0 Å². The summed E-state index contributed by atoms with van der Waals surface area (Å²) < 4.78 is 19.4. The van der Waals surface area contributed by atoms with Gasteiger partial charge in [-0.25, -0.2) is 0 Å². The molecule has 0 spiro atoms. The van der Waals surface area contributed by atoms with E-state index in [4.69, 9.17) is 14.2 Å². The highest BCUT2D eigenvalue weighted by molar-refractivity contribution is 5.87. The zero-order chi connectivity index (χ0) is 54.9. The fourth-order valence-electron chi connectivity index (χ4n) is 11.8. The van der Waals surface area contributed by atoms with Crippen molar-refractivity contribution >= 4 is 11.9 Å². The van der Waals surface area contributed by atoms with Crippen LogP contribution in [0.3, 0.4) is 0 Å².